The van der Waals surface area contributed by atoms with Crippen LogP contribution in [0.1, 0.15) is 6.92 Å². The number of nitrogens with zero attached hydrogens (tertiary/aromatic N) is 2. The van der Waals surface area contributed by atoms with Gasteiger partial charge in [0.1, 0.15) is 0 Å². The van der Waals surface area contributed by atoms with Crippen LogP contribution in [0.15, 0.2) is 30.5 Å². The summed E-state index contributed by atoms with van der Waals surface area (Å²) >= 11 is 5.99. The van der Waals surface area contributed by atoms with Crippen molar-refractivity contribution in [3.8, 4) is 0 Å². The second-order valence-corrected chi connectivity index (χ2v) is 5.11. The molecule has 1 aromatic carbocycles. The van der Waals surface area contributed by atoms with Gasteiger partial charge in [0.25, 0.3) is 0 Å². The zero-order chi connectivity index (χ0) is 14.4. The molecule has 108 valence electrons. The van der Waals surface area contributed by atoms with Crippen molar-refractivity contribution >= 4 is 28.2 Å². The average molecular weight is 293 g/mol. The summed E-state index contributed by atoms with van der Waals surface area (Å²) in [6.45, 7) is 6.67. The molecule has 1 heterocycles. The molecule has 0 saturated carbocycles. The maximum atomic E-state index is 5.99. The van der Waals surface area contributed by atoms with Crippen LogP contribution in [-0.4, -0.2) is 42.6 Å². The number of likely N-dealkylation sites (N-methyl/N-ethyl adjacent to an activating group) is 1. The van der Waals surface area contributed by atoms with E-state index in [0.717, 1.165) is 42.8 Å². The zero-order valence-electron chi connectivity index (χ0n) is 11.8. The number of nitrogens with two attached hydrogens (primary N) is 1. The van der Waals surface area contributed by atoms with Gasteiger partial charge in [0.2, 0.25) is 0 Å². The Labute approximate surface area is 124 Å². The van der Waals surface area contributed by atoms with Crippen LogP contribution in [0, 0.1) is 0 Å². The number of nitrogens with one attached hydrogen (secondary N) is 1. The van der Waals surface area contributed by atoms with Gasteiger partial charge in [-0.05, 0) is 30.8 Å². The topological polar surface area (TPSA) is 54.2 Å². The number of aromatic nitrogens is 1. The Bertz CT molecular complexity index is 559. The largest absolute Gasteiger partial charge is 0.383 e. The van der Waals surface area contributed by atoms with Crippen LogP contribution in [0.4, 0.5) is 5.69 Å². The minimum absolute atomic E-state index is 0.699. The summed E-state index contributed by atoms with van der Waals surface area (Å²) in [5.41, 5.74) is 7.60. The van der Waals surface area contributed by atoms with Crippen LogP contribution < -0.4 is 11.1 Å². The number of pyridine rings is 1. The Hall–Kier alpha value is -1.36. The first kappa shape index (κ1) is 15.0. The summed E-state index contributed by atoms with van der Waals surface area (Å²) < 4.78 is 0. The Balaban J connectivity index is 2.03. The lowest BCUT2D eigenvalue weighted by molar-refractivity contribution is 0.308. The van der Waals surface area contributed by atoms with Crippen LogP contribution in [0.25, 0.3) is 10.9 Å². The van der Waals surface area contributed by atoms with Crippen molar-refractivity contribution in [1.29, 1.82) is 0 Å². The molecule has 0 aliphatic carbocycles. The fourth-order valence-electron chi connectivity index (χ4n) is 2.23. The van der Waals surface area contributed by atoms with Gasteiger partial charge in [-0.15, -0.1) is 0 Å². The van der Waals surface area contributed by atoms with E-state index in [9.17, 15) is 0 Å². The van der Waals surface area contributed by atoms with Gasteiger partial charge in [-0.3, -0.25) is 4.98 Å². The average Bonchev–Trinajstić information content (AvgIpc) is 2.46. The third kappa shape index (κ3) is 3.82. The summed E-state index contributed by atoms with van der Waals surface area (Å²) in [4.78, 5) is 6.67. The van der Waals surface area contributed by atoms with Crippen molar-refractivity contribution in [3.63, 3.8) is 0 Å². The summed E-state index contributed by atoms with van der Waals surface area (Å²) in [6, 6.07) is 7.78. The van der Waals surface area contributed by atoms with Crippen LogP contribution in [-0.2, 0) is 0 Å². The van der Waals surface area contributed by atoms with Crippen molar-refractivity contribution in [2.45, 2.75) is 6.92 Å². The highest BCUT2D eigenvalue weighted by Crippen LogP contribution is 2.24. The smallest absolute Gasteiger partial charge is 0.0737 e. The molecule has 0 unspecified atom stereocenters. The Morgan fingerprint density at radius 3 is 2.90 bits per heavy atom. The summed E-state index contributed by atoms with van der Waals surface area (Å²) in [5, 5.41) is 5.27. The molecule has 0 fully saturated rings. The van der Waals surface area contributed by atoms with Gasteiger partial charge in [-0.1, -0.05) is 18.5 Å². The molecule has 0 aliphatic heterocycles. The quantitative estimate of drug-likeness (QED) is 0.823. The van der Waals surface area contributed by atoms with E-state index in [2.05, 4.69) is 22.1 Å². The molecule has 0 spiro atoms. The van der Waals surface area contributed by atoms with Crippen LogP contribution in [0.2, 0.25) is 5.02 Å². The molecule has 3 N–H and O–H groups in total. The summed E-state index contributed by atoms with van der Waals surface area (Å²) in [6.07, 6.45) is 1.80. The van der Waals surface area contributed by atoms with E-state index >= 15 is 0 Å². The molecule has 0 saturated heterocycles. The van der Waals surface area contributed by atoms with Crippen LogP contribution >= 0.6 is 11.6 Å². The van der Waals surface area contributed by atoms with Crippen molar-refractivity contribution in [3.05, 3.63) is 35.5 Å². The first-order valence-electron chi connectivity index (χ1n) is 6.95. The van der Waals surface area contributed by atoms with Crippen molar-refractivity contribution in [2.24, 2.45) is 5.73 Å². The third-order valence-electron chi connectivity index (χ3n) is 3.34. The normalized spacial score (nSPS) is 11.2. The van der Waals surface area contributed by atoms with Gasteiger partial charge in [0.15, 0.2) is 0 Å². The van der Waals surface area contributed by atoms with Crippen molar-refractivity contribution < 1.29 is 0 Å². The Kier molecular flexibility index (Phi) is 5.59. The van der Waals surface area contributed by atoms with E-state index in [1.54, 1.807) is 6.20 Å². The number of halogens is 1. The minimum Gasteiger partial charge on any atom is -0.383 e. The maximum absolute atomic E-state index is 5.99. The van der Waals surface area contributed by atoms with Crippen molar-refractivity contribution in [2.75, 3.05) is 38.0 Å². The van der Waals surface area contributed by atoms with E-state index in [0.29, 0.717) is 11.6 Å². The lowest BCUT2D eigenvalue weighted by atomic mass is 10.2. The number of fused-ring (bicyclic) bond motifs is 1. The van der Waals surface area contributed by atoms with Crippen LogP contribution in [0.5, 0.6) is 0 Å². The lowest BCUT2D eigenvalue weighted by Gasteiger charge is -2.20. The number of rotatable bonds is 7. The second kappa shape index (κ2) is 7.43. The molecule has 2 aromatic rings. The number of anilines is 1. The molecule has 20 heavy (non-hydrogen) atoms. The molecular formula is C15H21ClN4. The fraction of sp³-hybridized carbons (Fsp3) is 0.400. The van der Waals surface area contributed by atoms with Gasteiger partial charge in [-0.25, -0.2) is 0 Å². The first-order valence-corrected chi connectivity index (χ1v) is 7.33. The lowest BCUT2D eigenvalue weighted by Crippen LogP contribution is -2.33. The van der Waals surface area contributed by atoms with E-state index in [1.807, 2.05) is 24.3 Å². The second-order valence-electron chi connectivity index (χ2n) is 4.67. The third-order valence-corrected chi connectivity index (χ3v) is 3.58. The Morgan fingerprint density at radius 2 is 2.15 bits per heavy atom. The molecule has 0 amide bonds. The van der Waals surface area contributed by atoms with Gasteiger partial charge in [-0.2, -0.15) is 0 Å². The first-order chi connectivity index (χ1) is 9.74. The minimum atomic E-state index is 0.699. The molecule has 0 atom stereocenters. The predicted molar refractivity (Wildman–Crippen MR) is 86.4 cm³/mol. The molecule has 4 nitrogen and oxygen atoms in total. The summed E-state index contributed by atoms with van der Waals surface area (Å²) in [7, 11) is 0. The van der Waals surface area contributed by atoms with Gasteiger partial charge in [0, 0.05) is 48.5 Å². The standard InChI is InChI=1S/C15H21ClN4/c1-2-20(9-6-17)10-8-19-14-5-7-18-15-11-12(16)3-4-13(14)15/h3-5,7,11H,2,6,8-10,17H2,1H3,(H,18,19). The maximum Gasteiger partial charge on any atom is 0.0737 e. The Morgan fingerprint density at radius 1 is 1.30 bits per heavy atom. The van der Waals surface area contributed by atoms with E-state index in [4.69, 9.17) is 17.3 Å². The molecular weight excluding hydrogens is 272 g/mol. The SMILES string of the molecule is CCN(CCN)CCNc1ccnc2cc(Cl)ccc12. The number of hydrogen-bond acceptors (Lipinski definition) is 4. The van der Waals surface area contributed by atoms with Gasteiger partial charge in [0.05, 0.1) is 5.52 Å². The highest BCUT2D eigenvalue weighted by atomic mass is 35.5. The molecule has 0 bridgehead atoms. The number of hydrogen-bond donors (Lipinski definition) is 2. The van der Waals surface area contributed by atoms with Crippen molar-refractivity contribution in [1.82, 2.24) is 9.88 Å². The monoisotopic (exact) mass is 292 g/mol. The zero-order valence-corrected chi connectivity index (χ0v) is 12.5. The van der Waals surface area contributed by atoms with Crippen LogP contribution in [0.3, 0.4) is 0 Å². The van der Waals surface area contributed by atoms with E-state index < -0.39 is 0 Å². The van der Waals surface area contributed by atoms with Gasteiger partial charge < -0.3 is 16.0 Å². The van der Waals surface area contributed by atoms with E-state index in [1.165, 1.54) is 0 Å². The molecule has 1 aromatic heterocycles. The number of benzene rings is 1. The molecule has 0 radical (unpaired) electrons. The molecule has 5 heteroatoms. The molecule has 2 rings (SSSR count). The predicted octanol–water partition coefficient (Wildman–Crippen LogP) is 2.58. The fourth-order valence-corrected chi connectivity index (χ4v) is 2.40. The highest BCUT2D eigenvalue weighted by Gasteiger charge is 2.04. The molecule has 0 aliphatic rings. The van der Waals surface area contributed by atoms with E-state index in [-0.39, 0.29) is 0 Å². The highest BCUT2D eigenvalue weighted by molar-refractivity contribution is 6.31. The van der Waals surface area contributed by atoms with Gasteiger partial charge >= 0.3 is 0 Å². The summed E-state index contributed by atoms with van der Waals surface area (Å²) in [5.74, 6) is 0.